The summed E-state index contributed by atoms with van der Waals surface area (Å²) in [6, 6.07) is 7.65. The largest absolute Gasteiger partial charge is 0.497 e. The highest BCUT2D eigenvalue weighted by atomic mass is 16.5. The molecule has 2 unspecified atom stereocenters. The number of allylic oxidation sites excluding steroid dienone is 4. The van der Waals surface area contributed by atoms with Crippen LogP contribution in [0.1, 0.15) is 12.3 Å². The molecule has 0 N–H and O–H groups in total. The first-order valence-corrected chi connectivity index (χ1v) is 6.72. The van der Waals surface area contributed by atoms with Gasteiger partial charge in [0.1, 0.15) is 5.75 Å². The van der Waals surface area contributed by atoms with Gasteiger partial charge in [0, 0.05) is 17.1 Å². The van der Waals surface area contributed by atoms with Gasteiger partial charge in [-0.3, -0.25) is 0 Å². The molecule has 1 heterocycles. The van der Waals surface area contributed by atoms with E-state index < -0.39 is 0 Å². The lowest BCUT2D eigenvalue weighted by molar-refractivity contribution is 0.405. The topological polar surface area (TPSA) is 48.2 Å². The molecule has 2 aromatic rings. The van der Waals surface area contributed by atoms with Crippen LogP contribution in [0.15, 0.2) is 47.0 Å². The Balaban J connectivity index is 1.63. The molecule has 20 heavy (non-hydrogen) atoms. The van der Waals surface area contributed by atoms with Crippen LogP contribution in [-0.2, 0) is 0 Å². The lowest BCUT2D eigenvalue weighted by Crippen LogP contribution is -1.93. The summed E-state index contributed by atoms with van der Waals surface area (Å²) in [4.78, 5) is 4.52. The van der Waals surface area contributed by atoms with Gasteiger partial charge in [0.15, 0.2) is 0 Å². The van der Waals surface area contributed by atoms with Crippen molar-refractivity contribution in [2.24, 2.45) is 11.8 Å². The molecule has 2 aliphatic carbocycles. The molecular weight excluding hydrogens is 252 g/mol. The number of methoxy groups -OCH3 is 1. The number of hydrogen-bond acceptors (Lipinski definition) is 4. The molecule has 0 saturated carbocycles. The van der Waals surface area contributed by atoms with Gasteiger partial charge in [-0.1, -0.05) is 23.4 Å². The Labute approximate surface area is 116 Å². The summed E-state index contributed by atoms with van der Waals surface area (Å²) in [6.07, 6.45) is 7.86. The highest BCUT2D eigenvalue weighted by Crippen LogP contribution is 2.42. The molecule has 4 nitrogen and oxygen atoms in total. The van der Waals surface area contributed by atoms with Gasteiger partial charge in [0.05, 0.1) is 7.11 Å². The first-order valence-electron chi connectivity index (χ1n) is 6.72. The molecular formula is C16H14N2O2. The van der Waals surface area contributed by atoms with Crippen LogP contribution >= 0.6 is 0 Å². The first-order chi connectivity index (χ1) is 9.83. The average molecular weight is 266 g/mol. The van der Waals surface area contributed by atoms with E-state index in [9.17, 15) is 0 Å². The van der Waals surface area contributed by atoms with Gasteiger partial charge in [0.25, 0.3) is 5.89 Å². The summed E-state index contributed by atoms with van der Waals surface area (Å²) in [5.74, 6) is 3.08. The molecule has 0 amide bonds. The fourth-order valence-corrected chi connectivity index (χ4v) is 2.86. The summed E-state index contributed by atoms with van der Waals surface area (Å²) in [5.41, 5.74) is 2.10. The van der Waals surface area contributed by atoms with Gasteiger partial charge in [-0.15, -0.1) is 0 Å². The Hall–Kier alpha value is -2.36. The van der Waals surface area contributed by atoms with Crippen molar-refractivity contribution in [3.05, 3.63) is 48.4 Å². The minimum atomic E-state index is 0.448. The van der Waals surface area contributed by atoms with Crippen LogP contribution in [0.3, 0.4) is 0 Å². The van der Waals surface area contributed by atoms with Crippen molar-refractivity contribution in [2.45, 2.75) is 6.42 Å². The summed E-state index contributed by atoms with van der Waals surface area (Å²) >= 11 is 0. The summed E-state index contributed by atoms with van der Waals surface area (Å²) in [6.45, 7) is 0. The molecule has 2 aliphatic rings. The number of hydrogen-bond donors (Lipinski definition) is 0. The number of nitrogens with zero attached hydrogens (tertiary/aromatic N) is 2. The predicted octanol–water partition coefficient (Wildman–Crippen LogP) is 3.33. The molecule has 2 bridgehead atoms. The lowest BCUT2D eigenvalue weighted by atomic mass is 10.0. The summed E-state index contributed by atoms with van der Waals surface area (Å²) < 4.78 is 10.6. The van der Waals surface area contributed by atoms with Crippen molar-refractivity contribution in [3.63, 3.8) is 0 Å². The van der Waals surface area contributed by atoms with Gasteiger partial charge < -0.3 is 9.26 Å². The van der Waals surface area contributed by atoms with Gasteiger partial charge in [0.2, 0.25) is 5.82 Å². The Morgan fingerprint density at radius 1 is 1.20 bits per heavy atom. The van der Waals surface area contributed by atoms with Crippen molar-refractivity contribution in [1.29, 1.82) is 0 Å². The molecule has 2 atom stereocenters. The van der Waals surface area contributed by atoms with Crippen molar-refractivity contribution < 1.29 is 9.26 Å². The van der Waals surface area contributed by atoms with Crippen LogP contribution < -0.4 is 4.74 Å². The van der Waals surface area contributed by atoms with E-state index in [4.69, 9.17) is 9.26 Å². The second kappa shape index (κ2) is 4.34. The van der Waals surface area contributed by atoms with Crippen LogP contribution in [0.2, 0.25) is 0 Å². The van der Waals surface area contributed by atoms with Crippen molar-refractivity contribution >= 4 is 5.57 Å². The monoisotopic (exact) mass is 266 g/mol. The maximum Gasteiger partial charge on any atom is 0.254 e. The van der Waals surface area contributed by atoms with Crippen molar-refractivity contribution in [2.75, 3.05) is 7.11 Å². The van der Waals surface area contributed by atoms with E-state index in [0.717, 1.165) is 17.7 Å². The molecule has 0 fully saturated rings. The quantitative estimate of drug-likeness (QED) is 0.799. The van der Waals surface area contributed by atoms with E-state index in [0.29, 0.717) is 23.6 Å². The normalized spacial score (nSPS) is 23.1. The number of aromatic nitrogens is 2. The molecule has 0 aliphatic heterocycles. The summed E-state index contributed by atoms with van der Waals surface area (Å²) in [5, 5.41) is 4.08. The van der Waals surface area contributed by atoms with E-state index >= 15 is 0 Å². The molecule has 0 radical (unpaired) electrons. The van der Waals surface area contributed by atoms with E-state index in [2.05, 4.69) is 28.4 Å². The fourth-order valence-electron chi connectivity index (χ4n) is 2.86. The Morgan fingerprint density at radius 2 is 2.05 bits per heavy atom. The maximum atomic E-state index is 5.42. The van der Waals surface area contributed by atoms with E-state index in [-0.39, 0.29) is 0 Å². The average Bonchev–Trinajstić information content (AvgIpc) is 3.23. The third-order valence-corrected chi connectivity index (χ3v) is 3.93. The molecule has 0 spiro atoms. The van der Waals surface area contributed by atoms with Gasteiger partial charge in [-0.25, -0.2) is 0 Å². The third kappa shape index (κ3) is 1.76. The standard InChI is InChI=1S/C16H14N2O2/c1-19-13-6-4-11(5-7-13)15-17-16(20-18-15)14-9-10-2-3-12(14)8-10/h2-7,9-10,12H,8H2,1H3. The maximum absolute atomic E-state index is 5.42. The zero-order valence-corrected chi connectivity index (χ0v) is 11.1. The lowest BCUT2D eigenvalue weighted by Gasteiger charge is -2.03. The number of benzene rings is 1. The SMILES string of the molecule is COc1ccc(-c2noc(C3=CC4C=CC3C4)n2)cc1. The van der Waals surface area contributed by atoms with Crippen LogP contribution in [0.4, 0.5) is 0 Å². The van der Waals surface area contributed by atoms with Crippen LogP contribution in [0.5, 0.6) is 5.75 Å². The van der Waals surface area contributed by atoms with Crippen LogP contribution in [0, 0.1) is 11.8 Å². The van der Waals surface area contributed by atoms with Crippen molar-refractivity contribution in [3.8, 4) is 17.1 Å². The number of fused-ring (bicyclic) bond motifs is 2. The minimum Gasteiger partial charge on any atom is -0.497 e. The summed E-state index contributed by atoms with van der Waals surface area (Å²) in [7, 11) is 1.65. The van der Waals surface area contributed by atoms with Crippen LogP contribution in [0.25, 0.3) is 17.0 Å². The number of rotatable bonds is 3. The Bertz CT molecular complexity index is 698. The molecule has 4 heteroatoms. The number of ether oxygens (including phenoxy) is 1. The fraction of sp³-hybridized carbons (Fsp3) is 0.250. The predicted molar refractivity (Wildman–Crippen MR) is 75.0 cm³/mol. The first kappa shape index (κ1) is 11.5. The minimum absolute atomic E-state index is 0.448. The smallest absolute Gasteiger partial charge is 0.254 e. The second-order valence-electron chi connectivity index (χ2n) is 5.16. The van der Waals surface area contributed by atoms with Gasteiger partial charge >= 0.3 is 0 Å². The highest BCUT2D eigenvalue weighted by Gasteiger charge is 2.31. The molecule has 0 saturated heterocycles. The van der Waals surface area contributed by atoms with Crippen LogP contribution in [-0.4, -0.2) is 17.3 Å². The van der Waals surface area contributed by atoms with Crippen molar-refractivity contribution in [1.82, 2.24) is 10.1 Å². The molecule has 1 aromatic carbocycles. The molecule has 1 aromatic heterocycles. The molecule has 100 valence electrons. The van der Waals surface area contributed by atoms with Gasteiger partial charge in [-0.05, 0) is 36.6 Å². The molecule has 4 rings (SSSR count). The Kier molecular flexibility index (Phi) is 2.49. The zero-order chi connectivity index (χ0) is 13.5. The van der Waals surface area contributed by atoms with Gasteiger partial charge in [-0.2, -0.15) is 4.98 Å². The van der Waals surface area contributed by atoms with E-state index in [1.807, 2.05) is 24.3 Å². The third-order valence-electron chi connectivity index (χ3n) is 3.93. The Morgan fingerprint density at radius 3 is 2.70 bits per heavy atom. The second-order valence-corrected chi connectivity index (χ2v) is 5.16. The zero-order valence-electron chi connectivity index (χ0n) is 11.1. The van der Waals surface area contributed by atoms with E-state index in [1.165, 1.54) is 5.57 Å². The highest BCUT2D eigenvalue weighted by molar-refractivity contribution is 5.69. The van der Waals surface area contributed by atoms with E-state index in [1.54, 1.807) is 7.11 Å².